The van der Waals surface area contributed by atoms with Crippen LogP contribution in [0.2, 0.25) is 0 Å². The van der Waals surface area contributed by atoms with E-state index < -0.39 is 0 Å². The predicted molar refractivity (Wildman–Crippen MR) is 119 cm³/mol. The lowest BCUT2D eigenvalue weighted by molar-refractivity contribution is 0.290. The van der Waals surface area contributed by atoms with Gasteiger partial charge < -0.3 is 24.8 Å². The molecule has 0 radical (unpaired) electrons. The zero-order valence-electron chi connectivity index (χ0n) is 17.8. The minimum absolute atomic E-state index is 0.159. The first-order valence-corrected chi connectivity index (χ1v) is 10.5. The van der Waals surface area contributed by atoms with Crippen LogP contribution in [0.5, 0.6) is 28.7 Å². The third kappa shape index (κ3) is 3.88. The van der Waals surface area contributed by atoms with Gasteiger partial charge >= 0.3 is 0 Å². The van der Waals surface area contributed by atoms with Crippen molar-refractivity contribution >= 4 is 0 Å². The van der Waals surface area contributed by atoms with Crippen molar-refractivity contribution in [1.82, 2.24) is 0 Å². The maximum absolute atomic E-state index is 10.0. The molecule has 1 aliphatic rings. The van der Waals surface area contributed by atoms with Crippen molar-refractivity contribution < 1.29 is 24.8 Å². The zero-order chi connectivity index (χ0) is 22.0. The van der Waals surface area contributed by atoms with E-state index in [1.165, 1.54) is 5.56 Å². The molecule has 0 unspecified atom stereocenters. The summed E-state index contributed by atoms with van der Waals surface area (Å²) in [7, 11) is 3.23. The molecule has 0 heterocycles. The Hall–Kier alpha value is -3.34. The fourth-order valence-electron chi connectivity index (χ4n) is 5.02. The van der Waals surface area contributed by atoms with Crippen molar-refractivity contribution in [1.29, 1.82) is 0 Å². The van der Waals surface area contributed by atoms with Gasteiger partial charge in [-0.3, -0.25) is 0 Å². The molecule has 0 bridgehead atoms. The molecule has 31 heavy (non-hydrogen) atoms. The number of rotatable bonds is 5. The average Bonchev–Trinajstić information content (AvgIpc) is 2.79. The molecule has 3 aromatic carbocycles. The smallest absolute Gasteiger partial charge is 0.126 e. The van der Waals surface area contributed by atoms with E-state index in [-0.39, 0.29) is 22.7 Å². The van der Waals surface area contributed by atoms with Gasteiger partial charge in [0, 0.05) is 28.7 Å². The van der Waals surface area contributed by atoms with Gasteiger partial charge in [0.1, 0.15) is 28.7 Å². The van der Waals surface area contributed by atoms with E-state index in [1.54, 1.807) is 50.6 Å². The third-order valence-electron chi connectivity index (χ3n) is 6.61. The molecule has 0 amide bonds. The molecule has 1 aliphatic carbocycles. The van der Waals surface area contributed by atoms with Crippen LogP contribution in [0.3, 0.4) is 0 Å². The highest BCUT2D eigenvalue weighted by Gasteiger charge is 2.42. The van der Waals surface area contributed by atoms with Gasteiger partial charge in [0.15, 0.2) is 0 Å². The standard InChI is InChI=1S/C26H28O5/c1-30-24-15-20(28)7-9-22(24)26(23-10-8-21(29)16-25(23)31-2)13-11-18(12-14-26)17-3-5-19(27)6-4-17/h3-10,15-16,18,27-29H,11-14H2,1-2H3. The Bertz CT molecular complexity index is 994. The Morgan fingerprint density at radius 2 is 1.13 bits per heavy atom. The van der Waals surface area contributed by atoms with Crippen LogP contribution in [0, 0.1) is 0 Å². The van der Waals surface area contributed by atoms with Crippen LogP contribution >= 0.6 is 0 Å². The Labute approximate surface area is 182 Å². The number of benzene rings is 3. The highest BCUT2D eigenvalue weighted by Crippen LogP contribution is 2.54. The van der Waals surface area contributed by atoms with Gasteiger partial charge in [-0.1, -0.05) is 24.3 Å². The minimum Gasteiger partial charge on any atom is -0.508 e. The van der Waals surface area contributed by atoms with Crippen molar-refractivity contribution in [3.8, 4) is 28.7 Å². The fraction of sp³-hybridized carbons (Fsp3) is 0.308. The molecule has 4 rings (SSSR count). The Balaban J connectivity index is 1.80. The number of phenols is 3. The summed E-state index contributed by atoms with van der Waals surface area (Å²) in [4.78, 5) is 0. The minimum atomic E-state index is -0.383. The Morgan fingerprint density at radius 3 is 1.58 bits per heavy atom. The summed E-state index contributed by atoms with van der Waals surface area (Å²) in [5.74, 6) is 2.25. The molecule has 0 aliphatic heterocycles. The van der Waals surface area contributed by atoms with E-state index >= 15 is 0 Å². The first-order chi connectivity index (χ1) is 15.0. The first-order valence-electron chi connectivity index (χ1n) is 10.5. The van der Waals surface area contributed by atoms with E-state index in [9.17, 15) is 15.3 Å². The number of phenolic OH excluding ortho intramolecular Hbond substituents is 3. The van der Waals surface area contributed by atoms with Crippen LogP contribution in [0.1, 0.15) is 48.3 Å². The van der Waals surface area contributed by atoms with Crippen LogP contribution in [0.15, 0.2) is 60.7 Å². The SMILES string of the molecule is COc1cc(O)ccc1C1(c2ccc(O)cc2OC)CCC(c2ccc(O)cc2)CC1. The summed E-state index contributed by atoms with van der Waals surface area (Å²) < 4.78 is 11.3. The van der Waals surface area contributed by atoms with E-state index in [2.05, 4.69) is 0 Å². The third-order valence-corrected chi connectivity index (χ3v) is 6.61. The highest BCUT2D eigenvalue weighted by molar-refractivity contribution is 5.55. The van der Waals surface area contributed by atoms with Gasteiger partial charge in [0.2, 0.25) is 0 Å². The van der Waals surface area contributed by atoms with E-state index in [0.29, 0.717) is 17.4 Å². The lowest BCUT2D eigenvalue weighted by Gasteiger charge is -2.42. The van der Waals surface area contributed by atoms with Crippen LogP contribution in [0.25, 0.3) is 0 Å². The van der Waals surface area contributed by atoms with Crippen molar-refractivity contribution in [2.45, 2.75) is 37.0 Å². The molecule has 0 aromatic heterocycles. The summed E-state index contributed by atoms with van der Waals surface area (Å²) >= 11 is 0. The zero-order valence-corrected chi connectivity index (χ0v) is 17.8. The highest BCUT2D eigenvalue weighted by atomic mass is 16.5. The van der Waals surface area contributed by atoms with Crippen molar-refractivity contribution in [2.75, 3.05) is 14.2 Å². The molecular formula is C26H28O5. The molecule has 5 nitrogen and oxygen atoms in total. The molecule has 3 N–H and O–H groups in total. The summed E-state index contributed by atoms with van der Waals surface area (Å²) in [5, 5.41) is 29.7. The molecule has 5 heteroatoms. The van der Waals surface area contributed by atoms with Gasteiger partial charge in [0.25, 0.3) is 0 Å². The lowest BCUT2D eigenvalue weighted by atomic mass is 9.61. The van der Waals surface area contributed by atoms with Crippen molar-refractivity contribution in [3.05, 3.63) is 77.4 Å². The van der Waals surface area contributed by atoms with Gasteiger partial charge in [-0.05, 0) is 61.4 Å². The summed E-state index contributed by atoms with van der Waals surface area (Å²) in [6.45, 7) is 0. The summed E-state index contributed by atoms with van der Waals surface area (Å²) in [6.07, 6.45) is 3.58. The van der Waals surface area contributed by atoms with Crippen LogP contribution in [0.4, 0.5) is 0 Å². The predicted octanol–water partition coefficient (Wildman–Crippen LogP) is 5.46. The van der Waals surface area contributed by atoms with Crippen LogP contribution < -0.4 is 9.47 Å². The maximum Gasteiger partial charge on any atom is 0.126 e. The number of ether oxygens (including phenoxy) is 2. The lowest BCUT2D eigenvalue weighted by Crippen LogP contribution is -2.33. The Morgan fingerprint density at radius 1 is 0.677 bits per heavy atom. The van der Waals surface area contributed by atoms with Crippen LogP contribution in [-0.2, 0) is 5.41 Å². The first kappa shape index (κ1) is 20.9. The second-order valence-corrected chi connectivity index (χ2v) is 8.22. The Kier molecular flexibility index (Phi) is 5.68. The van der Waals surface area contributed by atoms with Gasteiger partial charge in [-0.15, -0.1) is 0 Å². The van der Waals surface area contributed by atoms with Gasteiger partial charge in [0.05, 0.1) is 14.2 Å². The average molecular weight is 421 g/mol. The summed E-state index contributed by atoms with van der Waals surface area (Å²) in [5.41, 5.74) is 2.84. The van der Waals surface area contributed by atoms with E-state index in [1.807, 2.05) is 24.3 Å². The largest absolute Gasteiger partial charge is 0.508 e. The number of hydrogen-bond acceptors (Lipinski definition) is 5. The van der Waals surface area contributed by atoms with Crippen LogP contribution in [-0.4, -0.2) is 29.5 Å². The maximum atomic E-state index is 10.0. The topological polar surface area (TPSA) is 79.2 Å². The molecule has 162 valence electrons. The number of hydrogen-bond donors (Lipinski definition) is 3. The van der Waals surface area contributed by atoms with Crippen molar-refractivity contribution in [2.24, 2.45) is 0 Å². The second kappa shape index (κ2) is 8.42. The van der Waals surface area contributed by atoms with E-state index in [0.717, 1.165) is 36.8 Å². The van der Waals surface area contributed by atoms with E-state index in [4.69, 9.17) is 9.47 Å². The monoisotopic (exact) mass is 420 g/mol. The molecule has 1 saturated carbocycles. The molecule has 0 spiro atoms. The summed E-state index contributed by atoms with van der Waals surface area (Å²) in [6, 6.07) is 18.0. The fourth-order valence-corrected chi connectivity index (χ4v) is 5.02. The van der Waals surface area contributed by atoms with Gasteiger partial charge in [-0.2, -0.15) is 0 Å². The quantitative estimate of drug-likeness (QED) is 0.510. The number of aromatic hydroxyl groups is 3. The molecule has 0 atom stereocenters. The molecular weight excluding hydrogens is 392 g/mol. The normalized spacial score (nSPS) is 16.1. The number of methoxy groups -OCH3 is 2. The molecule has 0 saturated heterocycles. The van der Waals surface area contributed by atoms with Gasteiger partial charge in [-0.25, -0.2) is 0 Å². The van der Waals surface area contributed by atoms with Crippen molar-refractivity contribution in [3.63, 3.8) is 0 Å². The second-order valence-electron chi connectivity index (χ2n) is 8.22. The molecule has 3 aromatic rings. The molecule has 1 fully saturated rings.